The molecule has 7 heteroatoms. The molecule has 0 radical (unpaired) electrons. The highest BCUT2D eigenvalue weighted by atomic mass is 16.2. The number of nitrogens with zero attached hydrogens (tertiary/aromatic N) is 6. The molecule has 1 fully saturated rings. The molecule has 0 N–H and O–H groups in total. The van der Waals surface area contributed by atoms with Crippen LogP contribution in [0.3, 0.4) is 0 Å². The number of hydrogen-bond acceptors (Lipinski definition) is 4. The Morgan fingerprint density at radius 2 is 1.92 bits per heavy atom. The SMILES string of the molecule is CN(C)CC1(C)CCN(c2ccc3c(c2)Cn2cc(-c4ccc(C#N)cc4)cc2-c2nccn2-3)C1=O. The third-order valence-corrected chi connectivity index (χ3v) is 7.40. The Morgan fingerprint density at radius 1 is 1.11 bits per heavy atom. The molecule has 0 bridgehead atoms. The number of benzene rings is 2. The number of rotatable bonds is 4. The van der Waals surface area contributed by atoms with E-state index in [2.05, 4.69) is 62.5 Å². The largest absolute Gasteiger partial charge is 0.340 e. The number of carbonyl (C=O) groups is 1. The van der Waals surface area contributed by atoms with Crippen LogP contribution in [0.15, 0.2) is 67.1 Å². The van der Waals surface area contributed by atoms with E-state index in [0.717, 1.165) is 59.1 Å². The molecule has 7 nitrogen and oxygen atoms in total. The monoisotopic (exact) mass is 476 g/mol. The van der Waals surface area contributed by atoms with Gasteiger partial charge in [-0.2, -0.15) is 5.26 Å². The molecule has 4 aromatic rings. The van der Waals surface area contributed by atoms with Crippen molar-refractivity contribution in [3.05, 3.63) is 78.2 Å². The van der Waals surface area contributed by atoms with Crippen molar-refractivity contribution in [2.24, 2.45) is 5.41 Å². The number of fused-ring (bicyclic) bond motifs is 5. The van der Waals surface area contributed by atoms with Crippen LogP contribution in [0.5, 0.6) is 0 Å². The zero-order valence-corrected chi connectivity index (χ0v) is 20.8. The van der Waals surface area contributed by atoms with Crippen LogP contribution in [-0.2, 0) is 11.3 Å². The highest BCUT2D eigenvalue weighted by Crippen LogP contribution is 2.38. The van der Waals surface area contributed by atoms with Gasteiger partial charge >= 0.3 is 0 Å². The Hall–Kier alpha value is -4.15. The van der Waals surface area contributed by atoms with Crippen LogP contribution >= 0.6 is 0 Å². The van der Waals surface area contributed by atoms with E-state index in [-0.39, 0.29) is 11.3 Å². The Morgan fingerprint density at radius 3 is 2.67 bits per heavy atom. The number of amides is 1. The highest BCUT2D eigenvalue weighted by molar-refractivity contribution is 6.00. The number of carbonyl (C=O) groups excluding carboxylic acids is 1. The summed E-state index contributed by atoms with van der Waals surface area (Å²) in [5.41, 5.74) is 6.63. The molecule has 180 valence electrons. The Bertz CT molecular complexity index is 1520. The minimum atomic E-state index is -0.364. The summed E-state index contributed by atoms with van der Waals surface area (Å²) in [7, 11) is 4.04. The molecule has 2 aromatic carbocycles. The zero-order valence-electron chi connectivity index (χ0n) is 20.8. The lowest BCUT2D eigenvalue weighted by Crippen LogP contribution is -2.39. The van der Waals surface area contributed by atoms with E-state index < -0.39 is 0 Å². The lowest BCUT2D eigenvalue weighted by molar-refractivity contribution is -0.125. The Balaban J connectivity index is 1.39. The van der Waals surface area contributed by atoms with E-state index in [9.17, 15) is 4.79 Å². The van der Waals surface area contributed by atoms with Crippen LogP contribution < -0.4 is 4.90 Å². The molecule has 1 saturated heterocycles. The summed E-state index contributed by atoms with van der Waals surface area (Å²) in [6, 6.07) is 18.3. The van der Waals surface area contributed by atoms with Crippen LogP contribution in [0.2, 0.25) is 0 Å². The van der Waals surface area contributed by atoms with E-state index in [1.807, 2.05) is 55.7 Å². The van der Waals surface area contributed by atoms with Crippen molar-refractivity contribution in [1.82, 2.24) is 19.0 Å². The van der Waals surface area contributed by atoms with Crippen molar-refractivity contribution in [1.29, 1.82) is 5.26 Å². The summed E-state index contributed by atoms with van der Waals surface area (Å²) < 4.78 is 4.35. The highest BCUT2D eigenvalue weighted by Gasteiger charge is 2.43. The predicted molar refractivity (Wildman–Crippen MR) is 140 cm³/mol. The van der Waals surface area contributed by atoms with Gasteiger partial charge in [-0.3, -0.25) is 9.36 Å². The van der Waals surface area contributed by atoms with Crippen molar-refractivity contribution < 1.29 is 4.79 Å². The summed E-state index contributed by atoms with van der Waals surface area (Å²) in [6.45, 7) is 4.23. The zero-order chi connectivity index (χ0) is 25.0. The van der Waals surface area contributed by atoms with Gasteiger partial charge in [0.2, 0.25) is 5.91 Å². The first-order valence-corrected chi connectivity index (χ1v) is 12.2. The van der Waals surface area contributed by atoms with E-state index in [4.69, 9.17) is 5.26 Å². The van der Waals surface area contributed by atoms with Crippen LogP contribution in [0.1, 0.15) is 24.5 Å². The fourth-order valence-corrected chi connectivity index (χ4v) is 5.68. The second kappa shape index (κ2) is 8.21. The Kier molecular flexibility index (Phi) is 5.09. The van der Waals surface area contributed by atoms with Gasteiger partial charge in [0.1, 0.15) is 0 Å². The van der Waals surface area contributed by atoms with Gasteiger partial charge < -0.3 is 14.4 Å². The first-order chi connectivity index (χ1) is 17.4. The molecule has 4 heterocycles. The summed E-state index contributed by atoms with van der Waals surface area (Å²) in [4.78, 5) is 22.1. The van der Waals surface area contributed by atoms with Crippen LogP contribution in [0.4, 0.5) is 5.69 Å². The lowest BCUT2D eigenvalue weighted by Gasteiger charge is -2.27. The molecule has 0 saturated carbocycles. The summed E-state index contributed by atoms with van der Waals surface area (Å²) in [6.07, 6.45) is 6.82. The van der Waals surface area contributed by atoms with Gasteiger partial charge in [-0.15, -0.1) is 0 Å². The molecular weight excluding hydrogens is 448 g/mol. The van der Waals surface area contributed by atoms with Crippen LogP contribution in [-0.4, -0.2) is 52.1 Å². The molecule has 1 atom stereocenters. The van der Waals surface area contributed by atoms with Gasteiger partial charge in [-0.1, -0.05) is 12.1 Å². The fourth-order valence-electron chi connectivity index (χ4n) is 5.68. The molecule has 2 aliphatic rings. The van der Waals surface area contributed by atoms with E-state index in [0.29, 0.717) is 12.1 Å². The summed E-state index contributed by atoms with van der Waals surface area (Å²) >= 11 is 0. The van der Waals surface area contributed by atoms with E-state index >= 15 is 0 Å². The number of anilines is 1. The third-order valence-electron chi connectivity index (χ3n) is 7.40. The maximum atomic E-state index is 13.4. The normalized spacial score (nSPS) is 18.5. The van der Waals surface area contributed by atoms with Gasteiger partial charge in [0, 0.05) is 49.5 Å². The van der Waals surface area contributed by atoms with Crippen molar-refractivity contribution in [3.8, 4) is 34.4 Å². The molecular formula is C29H28N6O. The molecule has 1 amide bonds. The maximum Gasteiger partial charge on any atom is 0.234 e. The number of hydrogen-bond donors (Lipinski definition) is 0. The topological polar surface area (TPSA) is 70.1 Å². The first kappa shape index (κ1) is 22.3. The quantitative estimate of drug-likeness (QED) is 0.382. The van der Waals surface area contributed by atoms with Crippen molar-refractivity contribution >= 4 is 11.6 Å². The van der Waals surface area contributed by atoms with Crippen molar-refractivity contribution in [2.75, 3.05) is 32.1 Å². The molecule has 1 unspecified atom stereocenters. The standard InChI is InChI=1S/C29H28N6O/c1-29(19-32(2)3)10-12-34(28(29)36)24-8-9-25-23(14-24)18-33-17-22(21-6-4-20(16-30)5-7-21)15-26(33)27-31-11-13-35(25)27/h4-9,11,13-15,17H,10,12,18-19H2,1-3H3. The van der Waals surface area contributed by atoms with Crippen LogP contribution in [0.25, 0.3) is 28.3 Å². The second-order valence-corrected chi connectivity index (χ2v) is 10.4. The van der Waals surface area contributed by atoms with Gasteiger partial charge in [0.25, 0.3) is 0 Å². The number of aromatic nitrogens is 3. The first-order valence-electron chi connectivity index (χ1n) is 12.2. The minimum absolute atomic E-state index is 0.192. The van der Waals surface area contributed by atoms with Crippen molar-refractivity contribution in [2.45, 2.75) is 19.9 Å². The number of imidazole rings is 1. The van der Waals surface area contributed by atoms with Crippen LogP contribution in [0, 0.1) is 16.7 Å². The molecule has 0 spiro atoms. The smallest absolute Gasteiger partial charge is 0.234 e. The molecule has 6 rings (SSSR count). The summed E-state index contributed by atoms with van der Waals surface area (Å²) in [5.74, 6) is 1.08. The predicted octanol–water partition coefficient (Wildman–Crippen LogP) is 4.55. The molecule has 36 heavy (non-hydrogen) atoms. The van der Waals surface area contributed by atoms with Gasteiger partial charge in [-0.25, -0.2) is 4.98 Å². The molecule has 2 aliphatic heterocycles. The van der Waals surface area contributed by atoms with Gasteiger partial charge in [0.15, 0.2) is 5.82 Å². The van der Waals surface area contributed by atoms with Gasteiger partial charge in [0.05, 0.1) is 28.4 Å². The number of nitriles is 1. The Labute approximate surface area is 210 Å². The minimum Gasteiger partial charge on any atom is -0.340 e. The molecule has 0 aliphatic carbocycles. The maximum absolute atomic E-state index is 13.4. The van der Waals surface area contributed by atoms with E-state index in [1.165, 1.54) is 0 Å². The van der Waals surface area contributed by atoms with Crippen molar-refractivity contribution in [3.63, 3.8) is 0 Å². The van der Waals surface area contributed by atoms with Gasteiger partial charge in [-0.05, 0) is 75.0 Å². The molecule has 2 aromatic heterocycles. The fraction of sp³-hybridized carbons (Fsp3) is 0.276. The average Bonchev–Trinajstić information content (AvgIpc) is 3.55. The average molecular weight is 477 g/mol. The summed E-state index contributed by atoms with van der Waals surface area (Å²) in [5, 5.41) is 9.13. The third kappa shape index (κ3) is 3.53. The second-order valence-electron chi connectivity index (χ2n) is 10.4. The lowest BCUT2D eigenvalue weighted by atomic mass is 9.88. The van der Waals surface area contributed by atoms with E-state index in [1.54, 1.807) is 0 Å².